The Hall–Kier alpha value is -2.32. The largest absolute Gasteiger partial charge is 0.368 e. The molecular weight excluding hydrogens is 351 g/mol. The van der Waals surface area contributed by atoms with E-state index >= 15 is 0 Å². The van der Waals surface area contributed by atoms with E-state index < -0.39 is 0 Å². The van der Waals surface area contributed by atoms with Gasteiger partial charge in [-0.05, 0) is 31.4 Å². The number of carbonyl (C=O) groups is 1. The van der Waals surface area contributed by atoms with E-state index in [4.69, 9.17) is 9.26 Å². The third-order valence-corrected chi connectivity index (χ3v) is 5.15. The fourth-order valence-corrected chi connectivity index (χ4v) is 3.46. The average molecular weight is 374 g/mol. The maximum atomic E-state index is 13.7. The van der Waals surface area contributed by atoms with Crippen LogP contribution in [0.1, 0.15) is 24.3 Å². The molecule has 3 heterocycles. The van der Waals surface area contributed by atoms with E-state index in [1.807, 2.05) is 4.90 Å². The number of ether oxygens (including phenoxy) is 1. The van der Waals surface area contributed by atoms with Gasteiger partial charge in [-0.15, -0.1) is 0 Å². The first kappa shape index (κ1) is 18.1. The molecule has 27 heavy (non-hydrogen) atoms. The van der Waals surface area contributed by atoms with Gasteiger partial charge in [0.05, 0.1) is 6.54 Å². The average Bonchev–Trinajstić information content (AvgIpc) is 3.36. The Morgan fingerprint density at radius 3 is 2.81 bits per heavy atom. The molecule has 1 aromatic heterocycles. The smallest absolute Gasteiger partial charge is 0.251 e. The van der Waals surface area contributed by atoms with Gasteiger partial charge in [-0.25, -0.2) is 4.39 Å². The van der Waals surface area contributed by atoms with Gasteiger partial charge >= 0.3 is 0 Å². The summed E-state index contributed by atoms with van der Waals surface area (Å²) < 4.78 is 24.5. The second-order valence-corrected chi connectivity index (χ2v) is 7.08. The van der Waals surface area contributed by atoms with Crippen LogP contribution >= 0.6 is 0 Å². The zero-order chi connectivity index (χ0) is 18.8. The van der Waals surface area contributed by atoms with Crippen LogP contribution in [-0.4, -0.2) is 64.7 Å². The number of piperazine rings is 1. The Kier molecular flexibility index (Phi) is 5.18. The van der Waals surface area contributed by atoms with E-state index in [1.54, 1.807) is 19.1 Å². The number of amides is 1. The molecule has 0 aliphatic carbocycles. The van der Waals surface area contributed by atoms with Crippen LogP contribution in [0.25, 0.3) is 11.4 Å². The van der Waals surface area contributed by atoms with Crippen molar-refractivity contribution >= 4 is 5.91 Å². The van der Waals surface area contributed by atoms with Gasteiger partial charge in [0.25, 0.3) is 5.91 Å². The predicted octanol–water partition coefficient (Wildman–Crippen LogP) is 2.01. The van der Waals surface area contributed by atoms with Gasteiger partial charge in [0.15, 0.2) is 0 Å². The van der Waals surface area contributed by atoms with E-state index in [2.05, 4.69) is 15.0 Å². The highest BCUT2D eigenvalue weighted by Gasteiger charge is 2.30. The Balaban J connectivity index is 1.32. The molecule has 2 saturated heterocycles. The molecule has 144 valence electrons. The van der Waals surface area contributed by atoms with Crippen molar-refractivity contribution < 1.29 is 18.4 Å². The summed E-state index contributed by atoms with van der Waals surface area (Å²) in [5.74, 6) is 0.695. The van der Waals surface area contributed by atoms with Crippen molar-refractivity contribution in [1.82, 2.24) is 19.9 Å². The molecule has 0 saturated carbocycles. The number of nitrogens with zero attached hydrogens (tertiary/aromatic N) is 4. The molecule has 4 rings (SSSR count). The fourth-order valence-electron chi connectivity index (χ4n) is 3.46. The fraction of sp³-hybridized carbons (Fsp3) is 0.526. The van der Waals surface area contributed by atoms with Crippen molar-refractivity contribution in [3.8, 4) is 11.4 Å². The molecule has 8 heteroatoms. The first-order chi connectivity index (χ1) is 13.1. The van der Waals surface area contributed by atoms with Crippen LogP contribution in [-0.2, 0) is 16.1 Å². The molecule has 0 radical (unpaired) electrons. The lowest BCUT2D eigenvalue weighted by Gasteiger charge is -2.35. The predicted molar refractivity (Wildman–Crippen MR) is 95.3 cm³/mol. The van der Waals surface area contributed by atoms with Crippen molar-refractivity contribution in [2.45, 2.75) is 32.4 Å². The number of aromatic nitrogens is 2. The maximum Gasteiger partial charge on any atom is 0.251 e. The quantitative estimate of drug-likeness (QED) is 0.815. The highest BCUT2D eigenvalue weighted by atomic mass is 19.1. The van der Waals surface area contributed by atoms with Gasteiger partial charge < -0.3 is 14.2 Å². The lowest BCUT2D eigenvalue weighted by molar-refractivity contribution is -0.142. The van der Waals surface area contributed by atoms with Crippen molar-refractivity contribution in [1.29, 1.82) is 0 Å². The summed E-state index contributed by atoms with van der Waals surface area (Å²) in [6.45, 7) is 5.74. The summed E-state index contributed by atoms with van der Waals surface area (Å²) >= 11 is 0. The van der Waals surface area contributed by atoms with Gasteiger partial charge in [-0.2, -0.15) is 4.98 Å². The molecule has 2 fully saturated rings. The van der Waals surface area contributed by atoms with Gasteiger partial charge in [0, 0.05) is 38.3 Å². The molecule has 7 nitrogen and oxygen atoms in total. The third-order valence-electron chi connectivity index (χ3n) is 5.15. The molecule has 0 spiro atoms. The van der Waals surface area contributed by atoms with E-state index in [-0.39, 0.29) is 17.8 Å². The lowest BCUT2D eigenvalue weighted by Crippen LogP contribution is -2.51. The summed E-state index contributed by atoms with van der Waals surface area (Å²) in [6.07, 6.45) is 1.52. The second kappa shape index (κ2) is 7.74. The minimum Gasteiger partial charge on any atom is -0.368 e. The molecule has 2 aromatic rings. The highest BCUT2D eigenvalue weighted by molar-refractivity contribution is 5.81. The van der Waals surface area contributed by atoms with Crippen molar-refractivity contribution in [3.05, 3.63) is 35.5 Å². The minimum atomic E-state index is -0.286. The normalized spacial score (nSPS) is 21.0. The van der Waals surface area contributed by atoms with Crippen LogP contribution in [0.15, 0.2) is 22.7 Å². The van der Waals surface area contributed by atoms with Crippen LogP contribution in [0.3, 0.4) is 0 Å². The Labute approximate surface area is 157 Å². The molecule has 2 aliphatic heterocycles. The van der Waals surface area contributed by atoms with Gasteiger partial charge in [0.1, 0.15) is 11.9 Å². The van der Waals surface area contributed by atoms with Crippen LogP contribution in [0.5, 0.6) is 0 Å². The van der Waals surface area contributed by atoms with Crippen molar-refractivity contribution in [2.24, 2.45) is 0 Å². The number of hydrogen-bond donors (Lipinski definition) is 0. The number of carbonyl (C=O) groups excluding carboxylic acids is 1. The molecule has 1 aromatic carbocycles. The summed E-state index contributed by atoms with van der Waals surface area (Å²) in [5.41, 5.74) is 1.18. The van der Waals surface area contributed by atoms with E-state index in [1.165, 1.54) is 6.07 Å². The van der Waals surface area contributed by atoms with Crippen LogP contribution in [0.4, 0.5) is 4.39 Å². The highest BCUT2D eigenvalue weighted by Crippen LogP contribution is 2.20. The summed E-state index contributed by atoms with van der Waals surface area (Å²) in [7, 11) is 0. The number of aryl methyl sites for hydroxylation is 1. The molecule has 1 atom stereocenters. The lowest BCUT2D eigenvalue weighted by atomic mass is 10.1. The molecular formula is C19H23FN4O3. The number of benzene rings is 1. The first-order valence-corrected chi connectivity index (χ1v) is 9.32. The van der Waals surface area contributed by atoms with E-state index in [0.29, 0.717) is 49.1 Å². The van der Waals surface area contributed by atoms with E-state index in [0.717, 1.165) is 25.9 Å². The Bertz CT molecular complexity index is 811. The van der Waals surface area contributed by atoms with Crippen LogP contribution < -0.4 is 0 Å². The van der Waals surface area contributed by atoms with Crippen molar-refractivity contribution in [2.75, 3.05) is 32.8 Å². The number of rotatable bonds is 4. The molecule has 0 N–H and O–H groups in total. The van der Waals surface area contributed by atoms with Crippen LogP contribution in [0.2, 0.25) is 0 Å². The summed E-state index contributed by atoms with van der Waals surface area (Å²) in [4.78, 5) is 20.8. The molecule has 1 unspecified atom stereocenters. The standard InChI is InChI=1S/C19H23FN4O3/c1-13-4-5-14(11-15(13)20)18-21-17(27-22-18)12-23-6-8-24(9-7-23)19(25)16-3-2-10-26-16/h4-5,11,16H,2-3,6-10,12H2,1H3. The van der Waals surface area contributed by atoms with Gasteiger partial charge in [-0.1, -0.05) is 17.3 Å². The third kappa shape index (κ3) is 4.01. The molecule has 2 aliphatic rings. The summed E-state index contributed by atoms with van der Waals surface area (Å²) in [5, 5.41) is 3.96. The first-order valence-electron chi connectivity index (χ1n) is 9.32. The van der Waals surface area contributed by atoms with Crippen molar-refractivity contribution in [3.63, 3.8) is 0 Å². The molecule has 0 bridgehead atoms. The van der Waals surface area contributed by atoms with Gasteiger partial charge in [-0.3, -0.25) is 9.69 Å². The van der Waals surface area contributed by atoms with Crippen LogP contribution in [0, 0.1) is 12.7 Å². The van der Waals surface area contributed by atoms with Gasteiger partial charge in [0.2, 0.25) is 11.7 Å². The molecule has 1 amide bonds. The Morgan fingerprint density at radius 2 is 2.11 bits per heavy atom. The maximum absolute atomic E-state index is 13.7. The summed E-state index contributed by atoms with van der Waals surface area (Å²) in [6, 6.07) is 4.90. The SMILES string of the molecule is Cc1ccc(-c2noc(CN3CCN(C(=O)C4CCCO4)CC3)n2)cc1F. The monoisotopic (exact) mass is 374 g/mol. The van der Waals surface area contributed by atoms with E-state index in [9.17, 15) is 9.18 Å². The minimum absolute atomic E-state index is 0.105. The topological polar surface area (TPSA) is 71.7 Å². The zero-order valence-corrected chi connectivity index (χ0v) is 15.4. The number of halogens is 1. The Morgan fingerprint density at radius 1 is 1.30 bits per heavy atom. The zero-order valence-electron chi connectivity index (χ0n) is 15.4. The number of hydrogen-bond acceptors (Lipinski definition) is 6. The second-order valence-electron chi connectivity index (χ2n) is 7.08.